The highest BCUT2D eigenvalue weighted by atomic mass is 19.1. The molecule has 0 radical (unpaired) electrons. The van der Waals surface area contributed by atoms with Crippen LogP contribution < -0.4 is 10.6 Å². The lowest BCUT2D eigenvalue weighted by Gasteiger charge is -2.38. The van der Waals surface area contributed by atoms with Gasteiger partial charge in [0.05, 0.1) is 17.9 Å². The molecule has 1 aromatic rings. The highest BCUT2D eigenvalue weighted by molar-refractivity contribution is 5.96. The molecule has 2 N–H and O–H groups in total. The number of carbonyl (C=O) groups is 1. The molecule has 1 saturated heterocycles. The first-order valence-corrected chi connectivity index (χ1v) is 7.35. The Labute approximate surface area is 125 Å². The molecule has 0 saturated carbocycles. The van der Waals surface area contributed by atoms with E-state index in [0.717, 1.165) is 25.9 Å². The second kappa shape index (κ2) is 5.92. The van der Waals surface area contributed by atoms with Gasteiger partial charge >= 0.3 is 5.97 Å². The highest BCUT2D eigenvalue weighted by Crippen LogP contribution is 2.34. The van der Waals surface area contributed by atoms with Crippen LogP contribution in [0.3, 0.4) is 0 Å². The Morgan fingerprint density at radius 3 is 2.57 bits per heavy atom. The van der Waals surface area contributed by atoms with E-state index in [1.54, 1.807) is 6.92 Å². The maximum absolute atomic E-state index is 14.2. The monoisotopic (exact) mass is 294 g/mol. The second-order valence-electron chi connectivity index (χ2n) is 6.26. The number of anilines is 2. The van der Waals surface area contributed by atoms with E-state index in [2.05, 4.69) is 13.8 Å². The van der Waals surface area contributed by atoms with Crippen LogP contribution in [0, 0.1) is 11.2 Å². The Hall–Kier alpha value is -1.78. The van der Waals surface area contributed by atoms with Gasteiger partial charge in [-0.2, -0.15) is 0 Å². The highest BCUT2D eigenvalue weighted by Gasteiger charge is 2.27. The number of rotatable bonds is 3. The minimum atomic E-state index is -0.506. The van der Waals surface area contributed by atoms with Gasteiger partial charge in [0.1, 0.15) is 5.82 Å². The number of hydrogen-bond donors (Lipinski definition) is 1. The van der Waals surface area contributed by atoms with Crippen LogP contribution in [0.1, 0.15) is 44.0 Å². The van der Waals surface area contributed by atoms with E-state index < -0.39 is 5.97 Å². The molecule has 0 amide bonds. The Balaban J connectivity index is 2.28. The van der Waals surface area contributed by atoms with Gasteiger partial charge in [0.25, 0.3) is 0 Å². The summed E-state index contributed by atoms with van der Waals surface area (Å²) in [6.07, 6.45) is 1.98. The summed E-state index contributed by atoms with van der Waals surface area (Å²) in [6, 6.07) is 2.72. The molecule has 0 atom stereocenters. The van der Waals surface area contributed by atoms with Gasteiger partial charge in [0.15, 0.2) is 0 Å². The Bertz CT molecular complexity index is 533. The number of nitrogens with zero attached hydrogens (tertiary/aromatic N) is 1. The fourth-order valence-electron chi connectivity index (χ4n) is 2.56. The number of esters is 1. The molecule has 21 heavy (non-hydrogen) atoms. The molecule has 2 rings (SSSR count). The van der Waals surface area contributed by atoms with Crippen LogP contribution in [0.5, 0.6) is 0 Å². The van der Waals surface area contributed by atoms with E-state index in [4.69, 9.17) is 10.5 Å². The fourth-order valence-corrected chi connectivity index (χ4v) is 2.56. The van der Waals surface area contributed by atoms with E-state index in [9.17, 15) is 9.18 Å². The Morgan fingerprint density at radius 1 is 1.38 bits per heavy atom. The standard InChI is InChI=1S/C16H23FN2O2/c1-4-21-15(20)11-9-14(12(17)10-13(11)18)19-7-5-16(2,3)6-8-19/h9-10H,4-8,18H2,1-3H3. The molecule has 1 aliphatic rings. The zero-order valence-electron chi connectivity index (χ0n) is 12.9. The fraction of sp³-hybridized carbons (Fsp3) is 0.562. The molecule has 5 heteroatoms. The van der Waals surface area contributed by atoms with E-state index in [1.807, 2.05) is 4.90 Å². The largest absolute Gasteiger partial charge is 0.462 e. The molecule has 0 spiro atoms. The average molecular weight is 294 g/mol. The average Bonchev–Trinajstić information content (AvgIpc) is 2.40. The Kier molecular flexibility index (Phi) is 4.40. The van der Waals surface area contributed by atoms with Crippen molar-refractivity contribution in [2.75, 3.05) is 30.3 Å². The van der Waals surface area contributed by atoms with Gasteiger partial charge in [-0.25, -0.2) is 9.18 Å². The van der Waals surface area contributed by atoms with Gasteiger partial charge in [-0.05, 0) is 37.3 Å². The molecule has 1 heterocycles. The number of benzene rings is 1. The molecule has 116 valence electrons. The van der Waals surface area contributed by atoms with Gasteiger partial charge in [-0.1, -0.05) is 13.8 Å². The molecule has 0 unspecified atom stereocenters. The van der Waals surface area contributed by atoms with Crippen LogP contribution in [-0.4, -0.2) is 25.7 Å². The summed E-state index contributed by atoms with van der Waals surface area (Å²) >= 11 is 0. The SMILES string of the molecule is CCOC(=O)c1cc(N2CCC(C)(C)CC2)c(F)cc1N. The van der Waals surface area contributed by atoms with Gasteiger partial charge < -0.3 is 15.4 Å². The minimum Gasteiger partial charge on any atom is -0.462 e. The predicted molar refractivity (Wildman–Crippen MR) is 82.0 cm³/mol. The summed E-state index contributed by atoms with van der Waals surface area (Å²) in [4.78, 5) is 13.8. The third-order valence-electron chi connectivity index (χ3n) is 4.07. The predicted octanol–water partition coefficient (Wildman–Crippen LogP) is 3.21. The molecule has 1 fully saturated rings. The number of nitrogen functional groups attached to an aromatic ring is 1. The van der Waals surface area contributed by atoms with Crippen molar-refractivity contribution in [2.45, 2.75) is 33.6 Å². The number of piperidine rings is 1. The molecule has 0 aromatic heterocycles. The lowest BCUT2D eigenvalue weighted by Crippen LogP contribution is -2.37. The smallest absolute Gasteiger partial charge is 0.340 e. The van der Waals surface area contributed by atoms with Gasteiger partial charge in [0.2, 0.25) is 0 Å². The van der Waals surface area contributed by atoms with Crippen molar-refractivity contribution >= 4 is 17.3 Å². The lowest BCUT2D eigenvalue weighted by atomic mass is 9.82. The number of carbonyl (C=O) groups excluding carboxylic acids is 1. The lowest BCUT2D eigenvalue weighted by molar-refractivity contribution is 0.0527. The van der Waals surface area contributed by atoms with Crippen molar-refractivity contribution in [1.29, 1.82) is 0 Å². The summed E-state index contributed by atoms with van der Waals surface area (Å²) in [5.74, 6) is -0.895. The number of ether oxygens (including phenoxy) is 1. The first kappa shape index (κ1) is 15.6. The van der Waals surface area contributed by atoms with Gasteiger partial charge in [0, 0.05) is 18.8 Å². The van der Waals surface area contributed by atoms with Crippen LogP contribution in [0.4, 0.5) is 15.8 Å². The van der Waals surface area contributed by atoms with Crippen LogP contribution in [0.15, 0.2) is 12.1 Å². The number of nitrogens with two attached hydrogens (primary N) is 1. The molecular weight excluding hydrogens is 271 g/mol. The molecule has 1 aliphatic heterocycles. The molecule has 0 aliphatic carbocycles. The minimum absolute atomic E-state index is 0.118. The summed E-state index contributed by atoms with van der Waals surface area (Å²) in [7, 11) is 0. The number of hydrogen-bond acceptors (Lipinski definition) is 4. The Morgan fingerprint density at radius 2 is 2.00 bits per heavy atom. The van der Waals surface area contributed by atoms with Crippen molar-refractivity contribution in [3.05, 3.63) is 23.5 Å². The summed E-state index contributed by atoms with van der Waals surface area (Å²) in [6.45, 7) is 7.97. The van der Waals surface area contributed by atoms with Gasteiger partial charge in [-0.3, -0.25) is 0 Å². The van der Waals surface area contributed by atoms with Crippen molar-refractivity contribution in [3.63, 3.8) is 0 Å². The van der Waals surface area contributed by atoms with Crippen molar-refractivity contribution in [1.82, 2.24) is 0 Å². The molecule has 4 nitrogen and oxygen atoms in total. The molecular formula is C16H23FN2O2. The zero-order chi connectivity index (χ0) is 15.6. The van der Waals surface area contributed by atoms with Crippen LogP contribution in [0.25, 0.3) is 0 Å². The van der Waals surface area contributed by atoms with Crippen molar-refractivity contribution < 1.29 is 13.9 Å². The third kappa shape index (κ3) is 3.46. The van der Waals surface area contributed by atoms with Crippen molar-refractivity contribution in [2.24, 2.45) is 5.41 Å². The summed E-state index contributed by atoms with van der Waals surface area (Å²) in [5, 5.41) is 0. The summed E-state index contributed by atoms with van der Waals surface area (Å²) in [5.41, 5.74) is 6.80. The van der Waals surface area contributed by atoms with E-state index in [-0.39, 0.29) is 29.1 Å². The first-order valence-electron chi connectivity index (χ1n) is 7.35. The first-order chi connectivity index (χ1) is 9.84. The van der Waals surface area contributed by atoms with Crippen LogP contribution in [-0.2, 0) is 4.74 Å². The maximum Gasteiger partial charge on any atom is 0.340 e. The van der Waals surface area contributed by atoms with Crippen molar-refractivity contribution in [3.8, 4) is 0 Å². The van der Waals surface area contributed by atoms with Crippen LogP contribution in [0.2, 0.25) is 0 Å². The second-order valence-corrected chi connectivity index (χ2v) is 6.26. The topological polar surface area (TPSA) is 55.6 Å². The quantitative estimate of drug-likeness (QED) is 0.687. The van der Waals surface area contributed by atoms with E-state index >= 15 is 0 Å². The zero-order valence-corrected chi connectivity index (χ0v) is 12.9. The van der Waals surface area contributed by atoms with Crippen LogP contribution >= 0.6 is 0 Å². The number of halogens is 1. The van der Waals surface area contributed by atoms with Gasteiger partial charge in [-0.15, -0.1) is 0 Å². The third-order valence-corrected chi connectivity index (χ3v) is 4.07. The normalized spacial score (nSPS) is 17.6. The summed E-state index contributed by atoms with van der Waals surface area (Å²) < 4.78 is 19.1. The molecule has 1 aromatic carbocycles. The maximum atomic E-state index is 14.2. The molecule has 0 bridgehead atoms. The van der Waals surface area contributed by atoms with E-state index in [1.165, 1.54) is 12.1 Å². The van der Waals surface area contributed by atoms with E-state index in [0.29, 0.717) is 5.69 Å².